The molecule has 2 aromatic carbocycles. The fraction of sp³-hybridized carbons (Fsp3) is 0.551. The van der Waals surface area contributed by atoms with Crippen LogP contribution in [-0.2, 0) is 28.5 Å². The second-order valence-corrected chi connectivity index (χ2v) is 19.9. The third-order valence-corrected chi connectivity index (χ3v) is 13.3. The Hall–Kier alpha value is -5.92. The SMILES string of the molecule is COCC(COC)[C@H](NC(=O)OC(C)(C)C)C(=O)N1CC2(CC2)C[C@H]1c1nc2ccc(C#Cc3ccc(-c4cnc([C@@H]5CC6(CC6)CN5C(=O)[C@@H](NC(=O)OC)C(C)C)[nH]4)cc3)cc2[nH]1. The monoisotopic (exact) mass is 890 g/mol. The van der Waals surface area contributed by atoms with Crippen molar-refractivity contribution < 1.29 is 38.1 Å². The number of nitrogens with one attached hydrogen (secondary N) is 4. The molecule has 4 atom stereocenters. The summed E-state index contributed by atoms with van der Waals surface area (Å²) in [7, 11) is 4.43. The first kappa shape index (κ1) is 45.6. The fourth-order valence-corrected chi connectivity index (χ4v) is 9.48. The molecule has 2 aliphatic heterocycles. The number of aromatic nitrogens is 4. The molecule has 2 saturated carbocycles. The highest BCUT2D eigenvalue weighted by molar-refractivity contribution is 5.88. The van der Waals surface area contributed by atoms with E-state index in [0.29, 0.717) is 18.9 Å². The zero-order valence-electron chi connectivity index (χ0n) is 38.7. The van der Waals surface area contributed by atoms with Gasteiger partial charge in [-0.05, 0) is 112 Å². The number of ether oxygens (including phenoxy) is 4. The quantitative estimate of drug-likeness (QED) is 0.106. The van der Waals surface area contributed by atoms with Gasteiger partial charge in [0, 0.05) is 44.4 Å². The number of aromatic amines is 2. The van der Waals surface area contributed by atoms with Crippen LogP contribution < -0.4 is 10.6 Å². The van der Waals surface area contributed by atoms with E-state index in [-0.39, 0.29) is 53.9 Å². The summed E-state index contributed by atoms with van der Waals surface area (Å²) in [6.45, 7) is 10.8. The summed E-state index contributed by atoms with van der Waals surface area (Å²) in [5, 5.41) is 5.60. The molecular weight excluding hydrogens is 829 g/mol. The predicted octanol–water partition coefficient (Wildman–Crippen LogP) is 6.64. The van der Waals surface area contributed by atoms with Gasteiger partial charge in [-0.1, -0.05) is 37.8 Å². The lowest BCUT2D eigenvalue weighted by atomic mass is 9.99. The smallest absolute Gasteiger partial charge is 0.408 e. The van der Waals surface area contributed by atoms with Crippen LogP contribution in [0.2, 0.25) is 0 Å². The molecule has 4 N–H and O–H groups in total. The van der Waals surface area contributed by atoms with Crippen LogP contribution in [0.1, 0.15) is 108 Å². The minimum atomic E-state index is -0.935. The molecule has 2 aliphatic carbocycles. The van der Waals surface area contributed by atoms with E-state index < -0.39 is 35.8 Å². The molecule has 2 saturated heterocycles. The number of alkyl carbamates (subject to hydrolysis) is 2. The van der Waals surface area contributed by atoms with Crippen LogP contribution in [0.5, 0.6) is 0 Å². The van der Waals surface area contributed by atoms with E-state index in [1.165, 1.54) is 7.11 Å². The Bertz CT molecular complexity index is 2460. The minimum Gasteiger partial charge on any atom is -0.453 e. The maximum Gasteiger partial charge on any atom is 0.408 e. The Labute approximate surface area is 380 Å². The Kier molecular flexibility index (Phi) is 12.8. The first-order valence-electron chi connectivity index (χ1n) is 22.6. The summed E-state index contributed by atoms with van der Waals surface area (Å²) < 4.78 is 21.3. The summed E-state index contributed by atoms with van der Waals surface area (Å²) in [5.41, 5.74) is 4.40. The molecule has 4 fully saturated rings. The zero-order valence-corrected chi connectivity index (χ0v) is 38.7. The standard InChI is InChI=1S/C49H62N8O8/c1-29(2)39(54-45(60)64-8)43(58)56-27-48(17-18-48)22-37(56)41-50-24-36(53-41)32-14-11-30(12-15-32)9-10-31-13-16-34-35(21-31)52-42(51-34)38-23-49(19-20-49)28-57(38)44(59)40(33(25-62-6)26-63-7)55-46(61)65-47(3,4)5/h11-16,21,24,29,33,37-40H,17-20,22-23,25-28H2,1-8H3,(H,50,53)(H,51,52)(H,54,60)(H,55,61)/t37-,38-,39-,40-/m0/s1. The number of hydrogen-bond donors (Lipinski definition) is 4. The van der Waals surface area contributed by atoms with Crippen molar-refractivity contribution in [2.45, 2.75) is 103 Å². The minimum absolute atomic E-state index is 0.0274. The largest absolute Gasteiger partial charge is 0.453 e. The molecule has 4 amide bonds. The number of fused-ring (bicyclic) bond motifs is 1. The number of methoxy groups -OCH3 is 3. The highest BCUT2D eigenvalue weighted by Crippen LogP contribution is 2.59. The second-order valence-electron chi connectivity index (χ2n) is 19.9. The van der Waals surface area contributed by atoms with E-state index in [1.807, 2.05) is 66.1 Å². The van der Waals surface area contributed by atoms with Gasteiger partial charge in [0.15, 0.2) is 0 Å². The van der Waals surface area contributed by atoms with Gasteiger partial charge in [0.1, 0.15) is 29.3 Å². The van der Waals surface area contributed by atoms with Crippen LogP contribution in [0.25, 0.3) is 22.3 Å². The van der Waals surface area contributed by atoms with Gasteiger partial charge in [-0.25, -0.2) is 19.6 Å². The number of carbonyl (C=O) groups is 4. The highest BCUT2D eigenvalue weighted by atomic mass is 16.6. The Balaban J connectivity index is 0.965. The number of rotatable bonds is 13. The third-order valence-electron chi connectivity index (χ3n) is 13.3. The summed E-state index contributed by atoms with van der Waals surface area (Å²) in [5.74, 6) is 7.11. The average molecular weight is 891 g/mol. The maximum absolute atomic E-state index is 14.6. The molecule has 4 aliphatic rings. The molecule has 0 radical (unpaired) electrons. The van der Waals surface area contributed by atoms with E-state index in [4.69, 9.17) is 28.9 Å². The summed E-state index contributed by atoms with van der Waals surface area (Å²) in [4.78, 5) is 74.1. The van der Waals surface area contributed by atoms with E-state index in [2.05, 4.69) is 32.4 Å². The van der Waals surface area contributed by atoms with E-state index in [0.717, 1.165) is 77.8 Å². The molecule has 16 heteroatoms. The number of likely N-dealkylation sites (tertiary alicyclic amines) is 2. The normalized spacial score (nSPS) is 20.2. The Morgan fingerprint density at radius 2 is 1.35 bits per heavy atom. The number of imidazole rings is 2. The molecule has 0 unspecified atom stereocenters. The van der Waals surface area contributed by atoms with Crippen molar-refractivity contribution in [3.63, 3.8) is 0 Å². The van der Waals surface area contributed by atoms with Gasteiger partial charge in [0.25, 0.3) is 0 Å². The van der Waals surface area contributed by atoms with Gasteiger partial charge < -0.3 is 49.3 Å². The molecule has 346 valence electrons. The van der Waals surface area contributed by atoms with Crippen molar-refractivity contribution in [1.29, 1.82) is 0 Å². The van der Waals surface area contributed by atoms with Crippen molar-refractivity contribution in [3.05, 3.63) is 71.4 Å². The highest BCUT2D eigenvalue weighted by Gasteiger charge is 2.56. The molecule has 65 heavy (non-hydrogen) atoms. The molecular formula is C49H62N8O8. The van der Waals surface area contributed by atoms with Crippen molar-refractivity contribution in [2.24, 2.45) is 22.7 Å². The number of carbonyl (C=O) groups excluding carboxylic acids is 4. The van der Waals surface area contributed by atoms with Crippen molar-refractivity contribution in [2.75, 3.05) is 47.6 Å². The van der Waals surface area contributed by atoms with Gasteiger partial charge in [0.05, 0.1) is 55.3 Å². The fourth-order valence-electron chi connectivity index (χ4n) is 9.48. The lowest BCUT2D eigenvalue weighted by Gasteiger charge is -2.33. The summed E-state index contributed by atoms with van der Waals surface area (Å²) in [6.07, 6.45) is 6.31. The Morgan fingerprint density at radius 1 is 0.785 bits per heavy atom. The lowest BCUT2D eigenvalue weighted by molar-refractivity contribution is -0.137. The molecule has 16 nitrogen and oxygen atoms in total. The molecule has 2 aromatic heterocycles. The number of hydrogen-bond acceptors (Lipinski definition) is 10. The average Bonchev–Trinajstić information content (AvgIpc) is 3.88. The van der Waals surface area contributed by atoms with Crippen molar-refractivity contribution in [1.82, 2.24) is 40.4 Å². The van der Waals surface area contributed by atoms with Gasteiger partial charge in [-0.2, -0.15) is 0 Å². The topological polar surface area (TPSA) is 193 Å². The van der Waals surface area contributed by atoms with E-state index in [1.54, 1.807) is 41.2 Å². The third kappa shape index (κ3) is 10.2. The first-order valence-corrected chi connectivity index (χ1v) is 22.6. The van der Waals surface area contributed by atoms with E-state index >= 15 is 0 Å². The maximum atomic E-state index is 14.6. The zero-order chi connectivity index (χ0) is 46.3. The number of H-pyrrole nitrogens is 2. The molecule has 0 bridgehead atoms. The molecule has 2 spiro atoms. The molecule has 8 rings (SSSR count). The van der Waals surface area contributed by atoms with Crippen LogP contribution in [0.15, 0.2) is 48.7 Å². The van der Waals surface area contributed by atoms with Crippen molar-refractivity contribution in [3.8, 4) is 23.1 Å². The lowest BCUT2D eigenvalue weighted by Crippen LogP contribution is -2.55. The number of amides is 4. The van der Waals surface area contributed by atoms with Crippen LogP contribution in [0, 0.1) is 34.5 Å². The van der Waals surface area contributed by atoms with Crippen LogP contribution in [0.3, 0.4) is 0 Å². The van der Waals surface area contributed by atoms with Gasteiger partial charge in [-0.3, -0.25) is 9.59 Å². The number of nitrogens with zero attached hydrogens (tertiary/aromatic N) is 4. The van der Waals surface area contributed by atoms with Gasteiger partial charge in [0.2, 0.25) is 11.8 Å². The van der Waals surface area contributed by atoms with Crippen molar-refractivity contribution >= 4 is 35.0 Å². The first-order chi connectivity index (χ1) is 31.0. The number of benzene rings is 2. The summed E-state index contributed by atoms with van der Waals surface area (Å²) >= 11 is 0. The van der Waals surface area contributed by atoms with E-state index in [9.17, 15) is 19.2 Å². The van der Waals surface area contributed by atoms with Crippen LogP contribution in [-0.4, -0.2) is 119 Å². The molecule has 4 aromatic rings. The van der Waals surface area contributed by atoms with Gasteiger partial charge in [-0.15, -0.1) is 0 Å². The summed E-state index contributed by atoms with van der Waals surface area (Å²) in [6, 6.07) is 11.6. The Morgan fingerprint density at radius 3 is 1.92 bits per heavy atom. The van der Waals surface area contributed by atoms with Crippen LogP contribution >= 0.6 is 0 Å². The predicted molar refractivity (Wildman–Crippen MR) is 242 cm³/mol. The van der Waals surface area contributed by atoms with Gasteiger partial charge >= 0.3 is 12.2 Å². The molecule has 4 heterocycles. The second kappa shape index (κ2) is 18.2. The van der Waals surface area contributed by atoms with Crippen LogP contribution in [0.4, 0.5) is 9.59 Å².